The predicted octanol–water partition coefficient (Wildman–Crippen LogP) is 2.52. The first kappa shape index (κ1) is 18.5. The number of piperazine rings is 1. The molecule has 2 aromatic heterocycles. The third-order valence-corrected chi connectivity index (χ3v) is 5.38. The van der Waals surface area contributed by atoms with E-state index in [0.29, 0.717) is 13.1 Å². The lowest BCUT2D eigenvalue weighted by atomic mass is 10.0. The van der Waals surface area contributed by atoms with Gasteiger partial charge in [0.15, 0.2) is 0 Å². The van der Waals surface area contributed by atoms with E-state index in [9.17, 15) is 9.90 Å². The normalized spacial score (nSPS) is 16.9. The van der Waals surface area contributed by atoms with Crippen LogP contribution in [0.3, 0.4) is 0 Å². The monoisotopic (exact) mass is 380 g/mol. The van der Waals surface area contributed by atoms with E-state index >= 15 is 0 Å². The molecular formula is C21H24N4O3. The van der Waals surface area contributed by atoms with Crippen LogP contribution in [0.25, 0.3) is 10.9 Å². The van der Waals surface area contributed by atoms with Gasteiger partial charge in [0, 0.05) is 67.8 Å². The third-order valence-electron chi connectivity index (χ3n) is 5.38. The Balaban J connectivity index is 1.51. The summed E-state index contributed by atoms with van der Waals surface area (Å²) < 4.78 is 5.32. The van der Waals surface area contributed by atoms with Gasteiger partial charge in [-0.15, -0.1) is 0 Å². The number of methoxy groups -OCH3 is 1. The number of aromatic amines is 1. The van der Waals surface area contributed by atoms with Crippen molar-refractivity contribution in [2.75, 3.05) is 33.3 Å². The SMILES string of the molecule is COc1ccc2[nH]cc([C@@H](C(=O)O)N3CCN(Cc4ccncc4)CC3)c2c1. The number of aliphatic carboxylic acids is 1. The van der Waals surface area contributed by atoms with Crippen LogP contribution in [-0.2, 0) is 11.3 Å². The third kappa shape index (κ3) is 3.72. The van der Waals surface area contributed by atoms with Crippen LogP contribution in [0.15, 0.2) is 48.9 Å². The first-order valence-corrected chi connectivity index (χ1v) is 9.39. The standard InChI is InChI=1S/C21H24N4O3/c1-28-16-2-3-19-17(12-16)18(13-23-19)20(21(26)27)25-10-8-24(9-11-25)14-15-4-6-22-7-5-15/h2-7,12-13,20,23H,8-11,14H2,1H3,(H,26,27)/t20-/m0/s1. The summed E-state index contributed by atoms with van der Waals surface area (Å²) in [4.78, 5) is 23.8. The Hall–Kier alpha value is -2.90. The van der Waals surface area contributed by atoms with Gasteiger partial charge in [-0.05, 0) is 35.9 Å². The maximum absolute atomic E-state index is 12.2. The lowest BCUT2D eigenvalue weighted by Crippen LogP contribution is -2.48. The minimum Gasteiger partial charge on any atom is -0.497 e. The molecule has 0 spiro atoms. The molecule has 1 aromatic carbocycles. The molecule has 146 valence electrons. The highest BCUT2D eigenvalue weighted by molar-refractivity contribution is 5.90. The molecule has 0 unspecified atom stereocenters. The van der Waals surface area contributed by atoms with Crippen molar-refractivity contribution >= 4 is 16.9 Å². The summed E-state index contributed by atoms with van der Waals surface area (Å²) in [7, 11) is 1.62. The van der Waals surface area contributed by atoms with Crippen LogP contribution in [0.2, 0.25) is 0 Å². The zero-order chi connectivity index (χ0) is 19.5. The maximum atomic E-state index is 12.2. The number of ether oxygens (including phenoxy) is 1. The van der Waals surface area contributed by atoms with Crippen molar-refractivity contribution in [2.24, 2.45) is 0 Å². The van der Waals surface area contributed by atoms with Gasteiger partial charge in [0.25, 0.3) is 0 Å². The number of H-pyrrole nitrogens is 1. The van der Waals surface area contributed by atoms with Crippen molar-refractivity contribution in [2.45, 2.75) is 12.6 Å². The van der Waals surface area contributed by atoms with Crippen molar-refractivity contribution in [3.05, 3.63) is 60.0 Å². The highest BCUT2D eigenvalue weighted by atomic mass is 16.5. The first-order valence-electron chi connectivity index (χ1n) is 9.39. The number of nitrogens with zero attached hydrogens (tertiary/aromatic N) is 3. The lowest BCUT2D eigenvalue weighted by molar-refractivity contribution is -0.144. The number of carboxylic acid groups (broad SMARTS) is 1. The second-order valence-corrected chi connectivity index (χ2v) is 7.06. The van der Waals surface area contributed by atoms with Gasteiger partial charge in [-0.2, -0.15) is 0 Å². The van der Waals surface area contributed by atoms with Crippen LogP contribution in [0, 0.1) is 0 Å². The van der Waals surface area contributed by atoms with E-state index in [0.717, 1.165) is 41.9 Å². The Labute approximate surface area is 163 Å². The zero-order valence-corrected chi connectivity index (χ0v) is 15.8. The minimum absolute atomic E-state index is 0.677. The molecular weight excluding hydrogens is 356 g/mol. The van der Waals surface area contributed by atoms with Crippen molar-refractivity contribution in [3.63, 3.8) is 0 Å². The molecule has 2 N–H and O–H groups in total. The predicted molar refractivity (Wildman–Crippen MR) is 106 cm³/mol. The van der Waals surface area contributed by atoms with E-state index in [4.69, 9.17) is 4.74 Å². The van der Waals surface area contributed by atoms with Gasteiger partial charge in [0.05, 0.1) is 7.11 Å². The molecule has 0 saturated carbocycles. The molecule has 4 rings (SSSR count). The quantitative estimate of drug-likeness (QED) is 0.684. The van der Waals surface area contributed by atoms with E-state index in [2.05, 4.69) is 14.9 Å². The molecule has 7 heteroatoms. The van der Waals surface area contributed by atoms with Crippen LogP contribution in [0.5, 0.6) is 5.75 Å². The zero-order valence-electron chi connectivity index (χ0n) is 15.8. The summed E-state index contributed by atoms with van der Waals surface area (Å²) in [5.74, 6) is -0.106. The molecule has 0 radical (unpaired) electrons. The van der Waals surface area contributed by atoms with Gasteiger partial charge in [-0.1, -0.05) is 0 Å². The van der Waals surface area contributed by atoms with Crippen LogP contribution >= 0.6 is 0 Å². The molecule has 0 aliphatic carbocycles. The number of carbonyl (C=O) groups is 1. The summed E-state index contributed by atoms with van der Waals surface area (Å²) >= 11 is 0. The van der Waals surface area contributed by atoms with Gasteiger partial charge < -0.3 is 14.8 Å². The second kappa shape index (κ2) is 8.00. The molecule has 3 heterocycles. The van der Waals surface area contributed by atoms with E-state index in [1.54, 1.807) is 19.5 Å². The fraction of sp³-hybridized carbons (Fsp3) is 0.333. The van der Waals surface area contributed by atoms with E-state index in [1.807, 2.05) is 41.4 Å². The number of benzene rings is 1. The van der Waals surface area contributed by atoms with Gasteiger partial charge in [-0.25, -0.2) is 0 Å². The molecule has 28 heavy (non-hydrogen) atoms. The van der Waals surface area contributed by atoms with Crippen LogP contribution < -0.4 is 4.74 Å². The number of rotatable bonds is 6. The van der Waals surface area contributed by atoms with Crippen LogP contribution in [-0.4, -0.2) is 64.1 Å². The number of nitrogens with one attached hydrogen (secondary N) is 1. The van der Waals surface area contributed by atoms with Gasteiger partial charge >= 0.3 is 5.97 Å². The summed E-state index contributed by atoms with van der Waals surface area (Å²) in [5.41, 5.74) is 2.92. The van der Waals surface area contributed by atoms with Gasteiger partial charge in [-0.3, -0.25) is 19.6 Å². The molecule has 1 saturated heterocycles. The molecule has 7 nitrogen and oxygen atoms in total. The van der Waals surface area contributed by atoms with Crippen molar-refractivity contribution < 1.29 is 14.6 Å². The molecule has 1 aliphatic rings. The number of pyridine rings is 1. The van der Waals surface area contributed by atoms with E-state index < -0.39 is 12.0 Å². The summed E-state index contributed by atoms with van der Waals surface area (Å²) in [6, 6.07) is 9.05. The Morgan fingerprint density at radius 2 is 1.96 bits per heavy atom. The second-order valence-electron chi connectivity index (χ2n) is 7.06. The minimum atomic E-state index is -0.827. The number of hydrogen-bond donors (Lipinski definition) is 2. The van der Waals surface area contributed by atoms with Crippen molar-refractivity contribution in [1.82, 2.24) is 19.8 Å². The Morgan fingerprint density at radius 1 is 1.21 bits per heavy atom. The Morgan fingerprint density at radius 3 is 2.64 bits per heavy atom. The van der Waals surface area contributed by atoms with Crippen molar-refractivity contribution in [3.8, 4) is 5.75 Å². The smallest absolute Gasteiger partial charge is 0.325 e. The van der Waals surface area contributed by atoms with E-state index in [1.165, 1.54) is 5.56 Å². The van der Waals surface area contributed by atoms with Gasteiger partial charge in [0.2, 0.25) is 0 Å². The summed E-state index contributed by atoms with van der Waals surface area (Å²) in [6.07, 6.45) is 5.42. The van der Waals surface area contributed by atoms with Crippen LogP contribution in [0.1, 0.15) is 17.2 Å². The van der Waals surface area contributed by atoms with Crippen LogP contribution in [0.4, 0.5) is 0 Å². The first-order chi connectivity index (χ1) is 13.7. The number of fused-ring (bicyclic) bond motifs is 1. The van der Waals surface area contributed by atoms with Crippen molar-refractivity contribution in [1.29, 1.82) is 0 Å². The number of aromatic nitrogens is 2. The molecule has 1 atom stereocenters. The van der Waals surface area contributed by atoms with E-state index in [-0.39, 0.29) is 0 Å². The highest BCUT2D eigenvalue weighted by Gasteiger charge is 2.32. The molecule has 0 bridgehead atoms. The van der Waals surface area contributed by atoms with Gasteiger partial charge in [0.1, 0.15) is 11.8 Å². The number of carboxylic acids is 1. The summed E-state index contributed by atoms with van der Waals surface area (Å²) in [6.45, 7) is 3.94. The fourth-order valence-electron chi connectivity index (χ4n) is 3.89. The number of hydrogen-bond acceptors (Lipinski definition) is 5. The average Bonchev–Trinajstić information content (AvgIpc) is 3.13. The lowest BCUT2D eigenvalue weighted by Gasteiger charge is -2.37. The fourth-order valence-corrected chi connectivity index (χ4v) is 3.89. The molecule has 1 aliphatic heterocycles. The highest BCUT2D eigenvalue weighted by Crippen LogP contribution is 2.31. The average molecular weight is 380 g/mol. The molecule has 0 amide bonds. The molecule has 3 aromatic rings. The molecule has 1 fully saturated rings. The maximum Gasteiger partial charge on any atom is 0.325 e. The Bertz CT molecular complexity index is 949. The largest absolute Gasteiger partial charge is 0.497 e. The topological polar surface area (TPSA) is 81.7 Å². The summed E-state index contributed by atoms with van der Waals surface area (Å²) in [5, 5.41) is 10.9. The Kier molecular flexibility index (Phi) is 5.27.